The first-order valence-electron chi connectivity index (χ1n) is 5.69. The molecule has 2 rings (SSSR count). The van der Waals surface area contributed by atoms with E-state index < -0.39 is 10.2 Å². The Bertz CT molecular complexity index is 666. The summed E-state index contributed by atoms with van der Waals surface area (Å²) in [5.74, 6) is 1.28. The highest BCUT2D eigenvalue weighted by Gasteiger charge is 2.12. The van der Waals surface area contributed by atoms with E-state index >= 15 is 0 Å². The van der Waals surface area contributed by atoms with Crippen molar-refractivity contribution in [2.45, 2.75) is 6.54 Å². The molecular weight excluding hydrogens is 284 g/mol. The summed E-state index contributed by atoms with van der Waals surface area (Å²) >= 11 is 0. The van der Waals surface area contributed by atoms with Crippen LogP contribution in [0.25, 0.3) is 11.4 Å². The Hall–Kier alpha value is -1.97. The molecule has 0 saturated heterocycles. The number of benzene rings is 1. The van der Waals surface area contributed by atoms with Crippen LogP contribution in [0.15, 0.2) is 28.8 Å². The first kappa shape index (κ1) is 14.4. The van der Waals surface area contributed by atoms with Crippen LogP contribution in [0.4, 0.5) is 0 Å². The normalized spacial score (nSPS) is 11.5. The average Bonchev–Trinajstić information content (AvgIpc) is 2.94. The van der Waals surface area contributed by atoms with Crippen molar-refractivity contribution in [3.63, 3.8) is 0 Å². The molecule has 0 aliphatic rings. The maximum Gasteiger partial charge on any atom is 0.277 e. The van der Waals surface area contributed by atoms with Crippen molar-refractivity contribution in [1.82, 2.24) is 19.6 Å². The van der Waals surface area contributed by atoms with Crippen molar-refractivity contribution in [3.8, 4) is 17.1 Å². The predicted octanol–water partition coefficient (Wildman–Crippen LogP) is 0.299. The lowest BCUT2D eigenvalue weighted by atomic mass is 10.2. The van der Waals surface area contributed by atoms with Crippen LogP contribution in [0.3, 0.4) is 0 Å². The number of aromatic nitrogens is 2. The van der Waals surface area contributed by atoms with Gasteiger partial charge in [-0.3, -0.25) is 0 Å². The van der Waals surface area contributed by atoms with Crippen LogP contribution in [-0.2, 0) is 16.8 Å². The molecular formula is C11H14N4O4S. The monoisotopic (exact) mass is 298 g/mol. The topological polar surface area (TPSA) is 106 Å². The Morgan fingerprint density at radius 3 is 2.60 bits per heavy atom. The van der Waals surface area contributed by atoms with E-state index in [9.17, 15) is 8.42 Å². The molecule has 0 radical (unpaired) electrons. The number of nitrogens with one attached hydrogen (secondary N) is 2. The Labute approximate surface area is 116 Å². The second-order valence-electron chi connectivity index (χ2n) is 3.77. The third-order valence-electron chi connectivity index (χ3n) is 2.50. The molecule has 108 valence electrons. The van der Waals surface area contributed by atoms with Gasteiger partial charge in [0, 0.05) is 12.6 Å². The zero-order valence-corrected chi connectivity index (χ0v) is 11.8. The molecule has 0 aliphatic heterocycles. The number of ether oxygens (including phenoxy) is 1. The van der Waals surface area contributed by atoms with Gasteiger partial charge < -0.3 is 9.26 Å². The molecule has 0 unspecified atom stereocenters. The SMILES string of the molecule is CNS(=O)(=O)NCc1nc(-c2ccc(OC)cc2)no1. The number of hydrogen-bond acceptors (Lipinski definition) is 6. The highest BCUT2D eigenvalue weighted by atomic mass is 32.2. The van der Waals surface area contributed by atoms with Crippen LogP contribution in [0.1, 0.15) is 5.89 Å². The van der Waals surface area contributed by atoms with Crippen molar-refractivity contribution in [2.75, 3.05) is 14.2 Å². The molecule has 0 spiro atoms. The van der Waals surface area contributed by atoms with Gasteiger partial charge in [0.1, 0.15) is 5.75 Å². The minimum atomic E-state index is -3.53. The van der Waals surface area contributed by atoms with Crippen LogP contribution in [0, 0.1) is 0 Å². The molecule has 2 N–H and O–H groups in total. The summed E-state index contributed by atoms with van der Waals surface area (Å²) in [6.07, 6.45) is 0. The summed E-state index contributed by atoms with van der Waals surface area (Å²) in [5.41, 5.74) is 0.747. The molecule has 8 nitrogen and oxygen atoms in total. The molecule has 0 amide bonds. The minimum absolute atomic E-state index is 0.0771. The molecule has 2 aromatic rings. The van der Waals surface area contributed by atoms with Gasteiger partial charge in [-0.25, -0.2) is 4.72 Å². The van der Waals surface area contributed by atoms with Gasteiger partial charge in [0.15, 0.2) is 0 Å². The lowest BCUT2D eigenvalue weighted by Gasteiger charge is -2.00. The first-order valence-corrected chi connectivity index (χ1v) is 7.17. The zero-order chi connectivity index (χ0) is 14.6. The van der Waals surface area contributed by atoms with Gasteiger partial charge in [-0.1, -0.05) is 5.16 Å². The number of hydrogen-bond donors (Lipinski definition) is 2. The van der Waals surface area contributed by atoms with E-state index in [-0.39, 0.29) is 12.4 Å². The summed E-state index contributed by atoms with van der Waals surface area (Å²) in [7, 11) is -0.643. The summed E-state index contributed by atoms with van der Waals surface area (Å²) in [5, 5.41) is 3.79. The number of methoxy groups -OCH3 is 1. The Morgan fingerprint density at radius 1 is 1.30 bits per heavy atom. The van der Waals surface area contributed by atoms with E-state index in [1.807, 2.05) is 0 Å². The van der Waals surface area contributed by atoms with Gasteiger partial charge in [-0.2, -0.15) is 18.1 Å². The lowest BCUT2D eigenvalue weighted by Crippen LogP contribution is -2.33. The molecule has 0 aliphatic carbocycles. The molecule has 1 aromatic carbocycles. The van der Waals surface area contributed by atoms with Crippen LogP contribution < -0.4 is 14.2 Å². The van der Waals surface area contributed by atoms with Crippen molar-refractivity contribution in [3.05, 3.63) is 30.2 Å². The second kappa shape index (κ2) is 5.99. The van der Waals surface area contributed by atoms with Crippen molar-refractivity contribution in [2.24, 2.45) is 0 Å². The fourth-order valence-electron chi connectivity index (χ4n) is 1.41. The summed E-state index contributed by atoms with van der Waals surface area (Å²) < 4.78 is 36.8. The molecule has 0 saturated carbocycles. The predicted molar refractivity (Wildman–Crippen MR) is 71.1 cm³/mol. The lowest BCUT2D eigenvalue weighted by molar-refractivity contribution is 0.375. The molecule has 0 fully saturated rings. The molecule has 1 aromatic heterocycles. The summed E-state index contributed by atoms with van der Waals surface area (Å²) in [4.78, 5) is 4.10. The maximum atomic E-state index is 11.2. The van der Waals surface area contributed by atoms with Gasteiger partial charge in [0.05, 0.1) is 13.7 Å². The van der Waals surface area contributed by atoms with E-state index in [4.69, 9.17) is 9.26 Å². The Morgan fingerprint density at radius 2 is 2.00 bits per heavy atom. The van der Waals surface area contributed by atoms with Crippen molar-refractivity contribution < 1.29 is 17.7 Å². The number of rotatable bonds is 6. The summed E-state index contributed by atoms with van der Waals surface area (Å²) in [6, 6.07) is 7.11. The standard InChI is InChI=1S/C11H14N4O4S/c1-12-20(16,17)13-7-10-14-11(15-19-10)8-3-5-9(18-2)6-4-8/h3-6,12-13H,7H2,1-2H3. The fraction of sp³-hybridized carbons (Fsp3) is 0.273. The molecule has 0 bridgehead atoms. The highest BCUT2D eigenvalue weighted by Crippen LogP contribution is 2.19. The second-order valence-corrected chi connectivity index (χ2v) is 5.47. The molecule has 1 heterocycles. The third kappa shape index (κ3) is 3.53. The maximum absolute atomic E-state index is 11.2. The van der Waals surface area contributed by atoms with Crippen LogP contribution >= 0.6 is 0 Å². The van der Waals surface area contributed by atoms with Gasteiger partial charge in [-0.15, -0.1) is 0 Å². The van der Waals surface area contributed by atoms with E-state index in [0.29, 0.717) is 5.82 Å². The largest absolute Gasteiger partial charge is 0.497 e. The van der Waals surface area contributed by atoms with Gasteiger partial charge in [0.2, 0.25) is 11.7 Å². The quantitative estimate of drug-likeness (QED) is 0.794. The third-order valence-corrected chi connectivity index (χ3v) is 3.56. The number of nitrogens with zero attached hydrogens (tertiary/aromatic N) is 2. The van der Waals surface area contributed by atoms with Crippen LogP contribution in [-0.4, -0.2) is 32.7 Å². The van der Waals surface area contributed by atoms with Crippen LogP contribution in [0.5, 0.6) is 5.75 Å². The Balaban J connectivity index is 2.08. The van der Waals surface area contributed by atoms with Crippen LogP contribution in [0.2, 0.25) is 0 Å². The van der Waals surface area contributed by atoms with E-state index in [0.717, 1.165) is 11.3 Å². The summed E-state index contributed by atoms with van der Waals surface area (Å²) in [6.45, 7) is -0.0771. The van der Waals surface area contributed by atoms with E-state index in [1.165, 1.54) is 7.05 Å². The molecule has 20 heavy (non-hydrogen) atoms. The van der Waals surface area contributed by atoms with Gasteiger partial charge in [0.25, 0.3) is 10.2 Å². The van der Waals surface area contributed by atoms with Crippen molar-refractivity contribution in [1.29, 1.82) is 0 Å². The zero-order valence-electron chi connectivity index (χ0n) is 11.0. The Kier molecular flexibility index (Phi) is 4.32. The minimum Gasteiger partial charge on any atom is -0.497 e. The first-order chi connectivity index (χ1) is 9.54. The van der Waals surface area contributed by atoms with E-state index in [1.54, 1.807) is 31.4 Å². The highest BCUT2D eigenvalue weighted by molar-refractivity contribution is 7.87. The smallest absolute Gasteiger partial charge is 0.277 e. The fourth-order valence-corrected chi connectivity index (χ4v) is 1.87. The molecule has 9 heteroatoms. The van der Waals surface area contributed by atoms with E-state index in [2.05, 4.69) is 19.6 Å². The van der Waals surface area contributed by atoms with Gasteiger partial charge in [-0.05, 0) is 24.3 Å². The van der Waals surface area contributed by atoms with Crippen molar-refractivity contribution >= 4 is 10.2 Å². The van der Waals surface area contributed by atoms with Gasteiger partial charge >= 0.3 is 0 Å². The average molecular weight is 298 g/mol. The molecule has 0 atom stereocenters.